The van der Waals surface area contributed by atoms with Gasteiger partial charge in [0.15, 0.2) is 6.29 Å². The van der Waals surface area contributed by atoms with Crippen molar-refractivity contribution in [1.29, 1.82) is 0 Å². The zero-order valence-corrected chi connectivity index (χ0v) is 7.18. The van der Waals surface area contributed by atoms with Crippen molar-refractivity contribution in [2.24, 2.45) is 5.41 Å². The molecule has 0 aromatic rings. The van der Waals surface area contributed by atoms with E-state index in [9.17, 15) is 0 Å². The van der Waals surface area contributed by atoms with E-state index in [1.54, 1.807) is 0 Å². The van der Waals surface area contributed by atoms with Crippen LogP contribution in [-0.2, 0) is 9.47 Å². The Morgan fingerprint density at radius 3 is 2.10 bits per heavy atom. The molecule has 1 fully saturated rings. The van der Waals surface area contributed by atoms with E-state index in [1.807, 2.05) is 6.92 Å². The van der Waals surface area contributed by atoms with Crippen LogP contribution in [0.1, 0.15) is 27.7 Å². The van der Waals surface area contributed by atoms with Crippen LogP contribution in [0.25, 0.3) is 0 Å². The second-order valence-corrected chi connectivity index (χ2v) is 3.89. The van der Waals surface area contributed by atoms with Crippen molar-refractivity contribution in [3.63, 3.8) is 0 Å². The van der Waals surface area contributed by atoms with Crippen molar-refractivity contribution in [3.05, 3.63) is 0 Å². The molecule has 0 bridgehead atoms. The molecule has 1 saturated heterocycles. The maximum atomic E-state index is 5.50. The molecule has 1 heterocycles. The summed E-state index contributed by atoms with van der Waals surface area (Å²) in [6.45, 7) is 9.17. The summed E-state index contributed by atoms with van der Waals surface area (Å²) in [6.07, 6.45) is 0.256. The average molecular weight is 144 g/mol. The van der Waals surface area contributed by atoms with Crippen LogP contribution in [0, 0.1) is 5.41 Å². The highest BCUT2D eigenvalue weighted by molar-refractivity contribution is 4.77. The van der Waals surface area contributed by atoms with E-state index in [2.05, 4.69) is 20.8 Å². The SMILES string of the molecule is CC1OCC(C(C)(C)C)O1. The fraction of sp³-hybridized carbons (Fsp3) is 1.00. The summed E-state index contributed by atoms with van der Waals surface area (Å²) in [5.41, 5.74) is 0.213. The highest BCUT2D eigenvalue weighted by Crippen LogP contribution is 2.27. The summed E-state index contributed by atoms with van der Waals surface area (Å²) in [7, 11) is 0. The first-order valence-electron chi connectivity index (χ1n) is 3.77. The van der Waals surface area contributed by atoms with E-state index in [0.717, 1.165) is 6.61 Å². The number of hydrogen-bond donors (Lipinski definition) is 0. The van der Waals surface area contributed by atoms with Crippen LogP contribution in [0.3, 0.4) is 0 Å². The first-order chi connectivity index (χ1) is 4.50. The van der Waals surface area contributed by atoms with Gasteiger partial charge in [-0.2, -0.15) is 0 Å². The van der Waals surface area contributed by atoms with E-state index < -0.39 is 0 Å². The molecular formula is C8H16O2. The second kappa shape index (κ2) is 2.51. The van der Waals surface area contributed by atoms with Crippen LogP contribution in [0.2, 0.25) is 0 Å². The lowest BCUT2D eigenvalue weighted by Crippen LogP contribution is -2.28. The van der Waals surface area contributed by atoms with Gasteiger partial charge in [-0.3, -0.25) is 0 Å². The zero-order chi connectivity index (χ0) is 7.78. The van der Waals surface area contributed by atoms with Gasteiger partial charge in [0.25, 0.3) is 0 Å². The summed E-state index contributed by atoms with van der Waals surface area (Å²) >= 11 is 0. The molecule has 0 N–H and O–H groups in total. The van der Waals surface area contributed by atoms with E-state index in [1.165, 1.54) is 0 Å². The standard InChI is InChI=1S/C8H16O2/c1-6-9-5-7(10-6)8(2,3)4/h6-7H,5H2,1-4H3. The second-order valence-electron chi connectivity index (χ2n) is 3.89. The van der Waals surface area contributed by atoms with Gasteiger partial charge in [0, 0.05) is 0 Å². The highest BCUT2D eigenvalue weighted by atomic mass is 16.7. The lowest BCUT2D eigenvalue weighted by atomic mass is 9.90. The molecule has 10 heavy (non-hydrogen) atoms. The molecular weight excluding hydrogens is 128 g/mol. The third-order valence-electron chi connectivity index (χ3n) is 1.80. The normalized spacial score (nSPS) is 34.8. The summed E-state index contributed by atoms with van der Waals surface area (Å²) in [6, 6.07) is 0. The molecule has 2 atom stereocenters. The summed E-state index contributed by atoms with van der Waals surface area (Å²) in [5, 5.41) is 0. The van der Waals surface area contributed by atoms with Gasteiger partial charge in [-0.25, -0.2) is 0 Å². The molecule has 0 aromatic heterocycles. The molecule has 2 nitrogen and oxygen atoms in total. The first-order valence-corrected chi connectivity index (χ1v) is 3.77. The number of hydrogen-bond acceptors (Lipinski definition) is 2. The molecule has 0 amide bonds. The van der Waals surface area contributed by atoms with Gasteiger partial charge in [0.05, 0.1) is 12.7 Å². The average Bonchev–Trinajstić information content (AvgIpc) is 2.11. The third-order valence-corrected chi connectivity index (χ3v) is 1.80. The molecule has 0 radical (unpaired) electrons. The molecule has 0 saturated carbocycles. The minimum atomic E-state index is -0.00998. The van der Waals surface area contributed by atoms with Crippen LogP contribution in [0.4, 0.5) is 0 Å². The van der Waals surface area contributed by atoms with Gasteiger partial charge in [0.2, 0.25) is 0 Å². The summed E-state index contributed by atoms with van der Waals surface area (Å²) < 4.78 is 10.8. The zero-order valence-electron chi connectivity index (χ0n) is 7.18. The van der Waals surface area contributed by atoms with Crippen LogP contribution < -0.4 is 0 Å². The van der Waals surface area contributed by atoms with Crippen molar-refractivity contribution >= 4 is 0 Å². The Morgan fingerprint density at radius 1 is 1.30 bits per heavy atom. The predicted octanol–water partition coefficient (Wildman–Crippen LogP) is 1.79. The van der Waals surface area contributed by atoms with Crippen molar-refractivity contribution in [2.45, 2.75) is 40.1 Å². The summed E-state index contributed by atoms with van der Waals surface area (Å²) in [5.74, 6) is 0. The molecule has 1 aliphatic heterocycles. The molecule has 0 aliphatic carbocycles. The molecule has 1 rings (SSSR count). The maximum Gasteiger partial charge on any atom is 0.155 e. The molecule has 2 unspecified atom stereocenters. The van der Waals surface area contributed by atoms with Crippen LogP contribution in [-0.4, -0.2) is 19.0 Å². The van der Waals surface area contributed by atoms with E-state index in [4.69, 9.17) is 9.47 Å². The third kappa shape index (κ3) is 1.70. The predicted molar refractivity (Wildman–Crippen MR) is 39.7 cm³/mol. The highest BCUT2D eigenvalue weighted by Gasteiger charge is 2.32. The lowest BCUT2D eigenvalue weighted by molar-refractivity contribution is -0.0623. The monoisotopic (exact) mass is 144 g/mol. The van der Waals surface area contributed by atoms with Crippen LogP contribution in [0.5, 0.6) is 0 Å². The van der Waals surface area contributed by atoms with E-state index >= 15 is 0 Å². The van der Waals surface area contributed by atoms with Gasteiger partial charge < -0.3 is 9.47 Å². The van der Waals surface area contributed by atoms with E-state index in [-0.39, 0.29) is 17.8 Å². The molecule has 0 spiro atoms. The minimum absolute atomic E-state index is 0.00998. The quantitative estimate of drug-likeness (QED) is 0.516. The topological polar surface area (TPSA) is 18.5 Å². The Labute approximate surface area is 62.5 Å². The van der Waals surface area contributed by atoms with Crippen molar-refractivity contribution in [2.75, 3.05) is 6.61 Å². The van der Waals surface area contributed by atoms with Gasteiger partial charge in [-0.15, -0.1) is 0 Å². The summed E-state index contributed by atoms with van der Waals surface area (Å²) in [4.78, 5) is 0. The Balaban J connectivity index is 2.45. The first kappa shape index (κ1) is 8.02. The molecule has 0 aromatic carbocycles. The molecule has 60 valence electrons. The van der Waals surface area contributed by atoms with E-state index in [0.29, 0.717) is 0 Å². The molecule has 2 heteroatoms. The number of rotatable bonds is 0. The van der Waals surface area contributed by atoms with Gasteiger partial charge >= 0.3 is 0 Å². The number of ether oxygens (including phenoxy) is 2. The van der Waals surface area contributed by atoms with Crippen LogP contribution >= 0.6 is 0 Å². The van der Waals surface area contributed by atoms with Crippen LogP contribution in [0.15, 0.2) is 0 Å². The van der Waals surface area contributed by atoms with Crippen molar-refractivity contribution in [3.8, 4) is 0 Å². The fourth-order valence-corrected chi connectivity index (χ4v) is 0.987. The molecule has 1 aliphatic rings. The minimum Gasteiger partial charge on any atom is -0.350 e. The van der Waals surface area contributed by atoms with Crippen molar-refractivity contribution < 1.29 is 9.47 Å². The largest absolute Gasteiger partial charge is 0.350 e. The Morgan fingerprint density at radius 2 is 1.90 bits per heavy atom. The van der Waals surface area contributed by atoms with Gasteiger partial charge in [-0.05, 0) is 12.3 Å². The lowest BCUT2D eigenvalue weighted by Gasteiger charge is -2.24. The smallest absolute Gasteiger partial charge is 0.155 e. The fourth-order valence-electron chi connectivity index (χ4n) is 0.987. The van der Waals surface area contributed by atoms with Gasteiger partial charge in [-0.1, -0.05) is 20.8 Å². The Bertz CT molecular complexity index is 115. The maximum absolute atomic E-state index is 5.50. The Hall–Kier alpha value is -0.0800. The van der Waals surface area contributed by atoms with Crippen molar-refractivity contribution in [1.82, 2.24) is 0 Å². The van der Waals surface area contributed by atoms with Gasteiger partial charge in [0.1, 0.15) is 0 Å². The Kier molecular flexibility index (Phi) is 2.02.